The molecule has 0 unspecified atom stereocenters. The van der Waals surface area contributed by atoms with Gasteiger partial charge in [-0.25, -0.2) is 9.97 Å². The van der Waals surface area contributed by atoms with E-state index in [2.05, 4.69) is 20.4 Å². The summed E-state index contributed by atoms with van der Waals surface area (Å²) in [5.41, 5.74) is 2.06. The average Bonchev–Trinajstić information content (AvgIpc) is 3.20. The van der Waals surface area contributed by atoms with Crippen molar-refractivity contribution in [3.05, 3.63) is 41.5 Å². The molecule has 124 valence electrons. The maximum absolute atomic E-state index is 12.4. The number of anilines is 2. The van der Waals surface area contributed by atoms with Gasteiger partial charge in [-0.05, 0) is 26.0 Å². The fourth-order valence-corrected chi connectivity index (χ4v) is 2.17. The number of hydrogen-bond donors (Lipinski definition) is 1. The van der Waals surface area contributed by atoms with Gasteiger partial charge in [0.1, 0.15) is 0 Å². The summed E-state index contributed by atoms with van der Waals surface area (Å²) in [6.07, 6.45) is 1.52. The van der Waals surface area contributed by atoms with E-state index in [1.165, 1.54) is 12.3 Å². The molecule has 0 aliphatic rings. The predicted molar refractivity (Wildman–Crippen MR) is 88.0 cm³/mol. The predicted octanol–water partition coefficient (Wildman–Crippen LogP) is 2.66. The standard InChI is InChI=1S/C16H17N5O3/c1-9-14(10(2)18-16(17-9)21(3)4)19-15(22)11-8-13(24-20-11)12-6-5-7-23-12/h5-8H,1-4H3,(H,19,22). The lowest BCUT2D eigenvalue weighted by molar-refractivity contribution is 0.101. The molecule has 8 nitrogen and oxygen atoms in total. The van der Waals surface area contributed by atoms with Crippen LogP contribution < -0.4 is 10.2 Å². The zero-order chi connectivity index (χ0) is 17.3. The van der Waals surface area contributed by atoms with Crippen molar-refractivity contribution in [3.63, 3.8) is 0 Å². The molecule has 0 atom stereocenters. The van der Waals surface area contributed by atoms with Gasteiger partial charge in [-0.15, -0.1) is 0 Å². The Balaban J connectivity index is 1.83. The van der Waals surface area contributed by atoms with E-state index in [1.807, 2.05) is 27.9 Å². The van der Waals surface area contributed by atoms with Crippen molar-refractivity contribution in [1.29, 1.82) is 0 Å². The van der Waals surface area contributed by atoms with Crippen LogP contribution in [0.2, 0.25) is 0 Å². The lowest BCUT2D eigenvalue weighted by Gasteiger charge is -2.15. The second kappa shape index (κ2) is 6.15. The van der Waals surface area contributed by atoms with Gasteiger partial charge in [0.05, 0.1) is 23.3 Å². The van der Waals surface area contributed by atoms with Crippen LogP contribution >= 0.6 is 0 Å². The van der Waals surface area contributed by atoms with Gasteiger partial charge in [0.25, 0.3) is 5.91 Å². The number of rotatable bonds is 4. The normalized spacial score (nSPS) is 10.7. The smallest absolute Gasteiger partial charge is 0.277 e. The van der Waals surface area contributed by atoms with Crippen LogP contribution in [0.15, 0.2) is 33.4 Å². The minimum Gasteiger partial charge on any atom is -0.461 e. The third-order valence-electron chi connectivity index (χ3n) is 3.40. The first kappa shape index (κ1) is 15.7. The molecule has 0 saturated carbocycles. The van der Waals surface area contributed by atoms with Crippen molar-refractivity contribution in [2.75, 3.05) is 24.3 Å². The van der Waals surface area contributed by atoms with Crippen molar-refractivity contribution in [3.8, 4) is 11.5 Å². The van der Waals surface area contributed by atoms with E-state index in [4.69, 9.17) is 8.94 Å². The SMILES string of the molecule is Cc1nc(N(C)C)nc(C)c1NC(=O)c1cc(-c2ccco2)on1. The topological polar surface area (TPSA) is 97.3 Å². The van der Waals surface area contributed by atoms with Gasteiger partial charge >= 0.3 is 0 Å². The third kappa shape index (κ3) is 2.98. The molecule has 1 amide bonds. The summed E-state index contributed by atoms with van der Waals surface area (Å²) < 4.78 is 10.4. The Morgan fingerprint density at radius 2 is 1.88 bits per heavy atom. The van der Waals surface area contributed by atoms with Crippen molar-refractivity contribution >= 4 is 17.5 Å². The maximum Gasteiger partial charge on any atom is 0.277 e. The van der Waals surface area contributed by atoms with Crippen LogP contribution in [0.3, 0.4) is 0 Å². The first-order valence-electron chi connectivity index (χ1n) is 7.30. The summed E-state index contributed by atoms with van der Waals surface area (Å²) in [4.78, 5) is 22.9. The summed E-state index contributed by atoms with van der Waals surface area (Å²) in [5.74, 6) is 1.08. The number of nitrogens with zero attached hydrogens (tertiary/aromatic N) is 4. The van der Waals surface area contributed by atoms with Gasteiger partial charge in [0.2, 0.25) is 11.7 Å². The molecular weight excluding hydrogens is 310 g/mol. The molecular formula is C16H17N5O3. The number of aromatic nitrogens is 3. The Hall–Kier alpha value is -3.16. The van der Waals surface area contributed by atoms with E-state index >= 15 is 0 Å². The maximum atomic E-state index is 12.4. The van der Waals surface area contributed by atoms with Gasteiger partial charge < -0.3 is 19.2 Å². The number of carbonyl (C=O) groups excluding carboxylic acids is 1. The van der Waals surface area contributed by atoms with E-state index < -0.39 is 5.91 Å². The highest BCUT2D eigenvalue weighted by Crippen LogP contribution is 2.23. The van der Waals surface area contributed by atoms with Gasteiger partial charge in [-0.2, -0.15) is 0 Å². The number of furan rings is 1. The number of amides is 1. The molecule has 3 heterocycles. The van der Waals surface area contributed by atoms with Crippen molar-refractivity contribution in [2.45, 2.75) is 13.8 Å². The molecule has 0 spiro atoms. The number of nitrogens with one attached hydrogen (secondary N) is 1. The van der Waals surface area contributed by atoms with Crippen LogP contribution in [0.5, 0.6) is 0 Å². The molecule has 3 aromatic heterocycles. The molecule has 8 heteroatoms. The summed E-state index contributed by atoms with van der Waals surface area (Å²) in [6, 6.07) is 4.98. The highest BCUT2D eigenvalue weighted by molar-refractivity contribution is 6.03. The largest absolute Gasteiger partial charge is 0.461 e. The summed E-state index contributed by atoms with van der Waals surface area (Å²) >= 11 is 0. The molecule has 0 saturated heterocycles. The molecule has 0 aliphatic heterocycles. The number of carbonyl (C=O) groups is 1. The summed E-state index contributed by atoms with van der Waals surface area (Å²) in [6.45, 7) is 3.63. The summed E-state index contributed by atoms with van der Waals surface area (Å²) in [5, 5.41) is 6.56. The van der Waals surface area contributed by atoms with Crippen LogP contribution in [0, 0.1) is 13.8 Å². The monoisotopic (exact) mass is 327 g/mol. The second-order valence-corrected chi connectivity index (χ2v) is 5.47. The average molecular weight is 327 g/mol. The first-order chi connectivity index (χ1) is 11.5. The molecule has 0 aliphatic carbocycles. The van der Waals surface area contributed by atoms with Gasteiger partial charge in [-0.3, -0.25) is 4.79 Å². The number of aryl methyl sites for hydroxylation is 2. The molecule has 0 fully saturated rings. The van der Waals surface area contributed by atoms with Gasteiger partial charge in [-0.1, -0.05) is 5.16 Å². The molecule has 24 heavy (non-hydrogen) atoms. The molecule has 1 N–H and O–H groups in total. The van der Waals surface area contributed by atoms with Crippen LogP contribution in [0.1, 0.15) is 21.9 Å². The fourth-order valence-electron chi connectivity index (χ4n) is 2.17. The van der Waals surface area contributed by atoms with E-state index in [0.29, 0.717) is 34.5 Å². The summed E-state index contributed by atoms with van der Waals surface area (Å²) in [7, 11) is 3.72. The molecule has 0 bridgehead atoms. The molecule has 0 radical (unpaired) electrons. The first-order valence-corrected chi connectivity index (χ1v) is 7.30. The highest BCUT2D eigenvalue weighted by Gasteiger charge is 2.18. The Morgan fingerprint density at radius 1 is 1.17 bits per heavy atom. The minimum atomic E-state index is -0.399. The van der Waals surface area contributed by atoms with Crippen LogP contribution in [0.4, 0.5) is 11.6 Å². The third-order valence-corrected chi connectivity index (χ3v) is 3.40. The lowest BCUT2D eigenvalue weighted by Crippen LogP contribution is -2.18. The molecule has 3 aromatic rings. The minimum absolute atomic E-state index is 0.150. The van der Waals surface area contributed by atoms with E-state index in [9.17, 15) is 4.79 Å². The van der Waals surface area contributed by atoms with Crippen LogP contribution in [-0.4, -0.2) is 35.1 Å². The molecule has 0 aromatic carbocycles. The Labute approximate surface area is 138 Å². The van der Waals surface area contributed by atoms with Gasteiger partial charge in [0, 0.05) is 20.2 Å². The fraction of sp³-hybridized carbons (Fsp3) is 0.250. The lowest BCUT2D eigenvalue weighted by atomic mass is 10.2. The quantitative estimate of drug-likeness (QED) is 0.786. The Kier molecular flexibility index (Phi) is 4.03. The van der Waals surface area contributed by atoms with Crippen LogP contribution in [-0.2, 0) is 0 Å². The highest BCUT2D eigenvalue weighted by atomic mass is 16.5. The Morgan fingerprint density at radius 3 is 2.46 bits per heavy atom. The second-order valence-electron chi connectivity index (χ2n) is 5.47. The Bertz CT molecular complexity index is 845. The van der Waals surface area contributed by atoms with Crippen LogP contribution in [0.25, 0.3) is 11.5 Å². The van der Waals surface area contributed by atoms with Gasteiger partial charge in [0.15, 0.2) is 11.5 Å². The zero-order valence-electron chi connectivity index (χ0n) is 13.8. The molecule has 3 rings (SSSR count). The van der Waals surface area contributed by atoms with E-state index in [1.54, 1.807) is 17.0 Å². The van der Waals surface area contributed by atoms with Crippen molar-refractivity contribution in [1.82, 2.24) is 15.1 Å². The van der Waals surface area contributed by atoms with E-state index in [0.717, 1.165) is 0 Å². The number of hydrogen-bond acceptors (Lipinski definition) is 7. The van der Waals surface area contributed by atoms with E-state index in [-0.39, 0.29) is 5.69 Å². The van der Waals surface area contributed by atoms with Crippen molar-refractivity contribution < 1.29 is 13.7 Å². The van der Waals surface area contributed by atoms with Crippen molar-refractivity contribution in [2.24, 2.45) is 0 Å². The zero-order valence-corrected chi connectivity index (χ0v) is 13.8.